The van der Waals surface area contributed by atoms with Crippen LogP contribution in [0.3, 0.4) is 0 Å². The minimum absolute atomic E-state index is 0.129. The number of hydrogen-bond donors (Lipinski definition) is 3. The summed E-state index contributed by atoms with van der Waals surface area (Å²) in [6.07, 6.45) is 18.6. The van der Waals surface area contributed by atoms with E-state index in [1.165, 1.54) is 63.6 Å². The highest BCUT2D eigenvalue weighted by molar-refractivity contribution is 5.89. The molecule has 4 atom stereocenters. The van der Waals surface area contributed by atoms with Gasteiger partial charge in [-0.15, -0.1) is 0 Å². The Balaban J connectivity index is 1.58. The van der Waals surface area contributed by atoms with Crippen molar-refractivity contribution in [3.63, 3.8) is 0 Å². The largest absolute Gasteiger partial charge is 0.394 e. The van der Waals surface area contributed by atoms with Gasteiger partial charge in [0.15, 0.2) is 6.23 Å². The van der Waals surface area contributed by atoms with Crippen molar-refractivity contribution in [2.45, 2.75) is 115 Å². The van der Waals surface area contributed by atoms with Crippen molar-refractivity contribution in [1.82, 2.24) is 9.55 Å². The van der Waals surface area contributed by atoms with Crippen molar-refractivity contribution < 1.29 is 19.7 Å². The smallest absolute Gasteiger partial charge is 0.351 e. The van der Waals surface area contributed by atoms with Crippen LogP contribution in [0.5, 0.6) is 0 Å². The normalized spacial score (nSPS) is 21.4. The molecule has 2 heterocycles. The average Bonchev–Trinajstić information content (AvgIpc) is 3.21. The number of aliphatic hydroxyl groups is 2. The van der Waals surface area contributed by atoms with Gasteiger partial charge in [0, 0.05) is 12.6 Å². The fourth-order valence-corrected chi connectivity index (χ4v) is 4.51. The summed E-state index contributed by atoms with van der Waals surface area (Å²) in [4.78, 5) is 28.5. The number of hydrogen-bond acceptors (Lipinski definition) is 7. The van der Waals surface area contributed by atoms with Crippen molar-refractivity contribution in [3.05, 3.63) is 34.9 Å². The molecule has 1 aliphatic heterocycles. The molecule has 0 unspecified atom stereocenters. The van der Waals surface area contributed by atoms with Crippen molar-refractivity contribution in [1.29, 1.82) is 5.26 Å². The molecule has 1 aliphatic rings. The second-order valence-corrected chi connectivity index (χ2v) is 9.78. The average molecular weight is 517 g/mol. The zero-order valence-electron chi connectivity index (χ0n) is 22.2. The van der Waals surface area contributed by atoms with Crippen LogP contribution in [0.4, 0.5) is 5.82 Å². The lowest BCUT2D eigenvalue weighted by Crippen LogP contribution is -2.32. The molecule has 0 radical (unpaired) electrons. The first-order valence-corrected chi connectivity index (χ1v) is 13.9. The predicted octanol–water partition coefficient (Wildman–Crippen LogP) is 4.61. The predicted molar refractivity (Wildman–Crippen MR) is 143 cm³/mol. The lowest BCUT2D eigenvalue weighted by molar-refractivity contribution is -0.116. The van der Waals surface area contributed by atoms with Crippen LogP contribution in [0, 0.1) is 17.2 Å². The maximum Gasteiger partial charge on any atom is 0.351 e. The van der Waals surface area contributed by atoms with Crippen LogP contribution >= 0.6 is 0 Å². The molecule has 0 aromatic carbocycles. The van der Waals surface area contributed by atoms with Gasteiger partial charge in [-0.1, -0.05) is 70.4 Å². The maximum absolute atomic E-state index is 12.4. The second kappa shape index (κ2) is 17.8. The Kier molecular flexibility index (Phi) is 14.8. The van der Waals surface area contributed by atoms with Gasteiger partial charge < -0.3 is 20.3 Å². The number of rotatable bonds is 18. The summed E-state index contributed by atoms with van der Waals surface area (Å²) in [5, 5.41) is 31.3. The summed E-state index contributed by atoms with van der Waals surface area (Å²) < 4.78 is 6.55. The number of ether oxygens (including phenoxy) is 1. The van der Waals surface area contributed by atoms with Gasteiger partial charge in [0.05, 0.1) is 12.7 Å². The highest BCUT2D eigenvalue weighted by Gasteiger charge is 2.45. The van der Waals surface area contributed by atoms with Crippen LogP contribution in [0.25, 0.3) is 0 Å². The van der Waals surface area contributed by atoms with Gasteiger partial charge in [-0.25, -0.2) is 4.79 Å². The fourth-order valence-electron chi connectivity index (χ4n) is 4.51. The summed E-state index contributed by atoms with van der Waals surface area (Å²) in [5.41, 5.74) is -0.713. The van der Waals surface area contributed by atoms with Gasteiger partial charge in [-0.3, -0.25) is 9.36 Å². The van der Waals surface area contributed by atoms with Crippen molar-refractivity contribution >= 4 is 11.7 Å². The number of aliphatic hydroxyl groups excluding tert-OH is 2. The van der Waals surface area contributed by atoms with Crippen LogP contribution in [0.1, 0.15) is 103 Å². The molecule has 206 valence electrons. The molecule has 0 spiro atoms. The van der Waals surface area contributed by atoms with Gasteiger partial charge >= 0.3 is 5.69 Å². The number of unbranched alkanes of at least 4 members (excludes halogenated alkanes) is 11. The van der Waals surface area contributed by atoms with E-state index in [1.54, 1.807) is 0 Å². The van der Waals surface area contributed by atoms with E-state index < -0.39 is 36.7 Å². The van der Waals surface area contributed by atoms with Gasteiger partial charge in [0.1, 0.15) is 23.9 Å². The van der Waals surface area contributed by atoms with Crippen LogP contribution in [0.2, 0.25) is 0 Å². The molecule has 2 rings (SSSR count). The third-order valence-corrected chi connectivity index (χ3v) is 6.74. The first kappa shape index (κ1) is 30.7. The van der Waals surface area contributed by atoms with E-state index in [1.807, 2.05) is 6.07 Å². The molecule has 3 N–H and O–H groups in total. The molecular formula is C28H44N4O5. The molecule has 1 aromatic heterocycles. The lowest BCUT2D eigenvalue weighted by atomic mass is 10.0. The number of nitriles is 1. The minimum Gasteiger partial charge on any atom is -0.394 e. The van der Waals surface area contributed by atoms with E-state index in [4.69, 9.17) is 4.74 Å². The number of allylic oxidation sites excluding steroid dienone is 2. The fraction of sp³-hybridized carbons (Fsp3) is 0.714. The summed E-state index contributed by atoms with van der Waals surface area (Å²) in [6.45, 7) is 1.77. The van der Waals surface area contributed by atoms with E-state index in [9.17, 15) is 25.1 Å². The van der Waals surface area contributed by atoms with Crippen LogP contribution in [-0.2, 0) is 9.53 Å². The van der Waals surface area contributed by atoms with Crippen molar-refractivity contribution in [3.8, 4) is 6.07 Å². The summed E-state index contributed by atoms with van der Waals surface area (Å²) in [5.74, 6) is -1.09. The summed E-state index contributed by atoms with van der Waals surface area (Å²) in [7, 11) is 0. The highest BCUT2D eigenvalue weighted by Crippen LogP contribution is 2.33. The molecule has 1 amide bonds. The van der Waals surface area contributed by atoms with E-state index in [0.717, 1.165) is 36.7 Å². The monoisotopic (exact) mass is 516 g/mol. The third kappa shape index (κ3) is 10.8. The van der Waals surface area contributed by atoms with E-state index in [2.05, 4.69) is 29.4 Å². The molecule has 1 fully saturated rings. The topological polar surface area (TPSA) is 137 Å². The molecule has 1 saturated heterocycles. The number of amides is 1. The summed E-state index contributed by atoms with van der Waals surface area (Å²) in [6, 6.07) is 3.37. The van der Waals surface area contributed by atoms with Crippen LogP contribution < -0.4 is 11.0 Å². The van der Waals surface area contributed by atoms with Crippen molar-refractivity contribution in [2.24, 2.45) is 5.92 Å². The second-order valence-electron chi connectivity index (χ2n) is 9.78. The van der Waals surface area contributed by atoms with Gasteiger partial charge in [-0.05, 0) is 38.2 Å². The molecule has 0 aliphatic carbocycles. The Morgan fingerprint density at radius 2 is 1.73 bits per heavy atom. The number of nitrogens with one attached hydrogen (secondary N) is 1. The minimum atomic E-state index is -1.21. The van der Waals surface area contributed by atoms with Crippen LogP contribution in [-0.4, -0.2) is 44.5 Å². The van der Waals surface area contributed by atoms with E-state index >= 15 is 0 Å². The number of carbonyl (C=O) groups excluding carboxylic acids is 1. The zero-order valence-corrected chi connectivity index (χ0v) is 22.2. The highest BCUT2D eigenvalue weighted by atomic mass is 16.5. The Labute approximate surface area is 220 Å². The first-order chi connectivity index (χ1) is 18.0. The Bertz CT molecular complexity index is 926. The van der Waals surface area contributed by atoms with Crippen molar-refractivity contribution in [2.75, 3.05) is 11.9 Å². The quantitative estimate of drug-likeness (QED) is 0.191. The number of carbonyl (C=O) groups is 1. The zero-order chi connectivity index (χ0) is 26.9. The molecule has 1 aromatic rings. The third-order valence-electron chi connectivity index (χ3n) is 6.74. The molecular weight excluding hydrogens is 472 g/mol. The molecule has 0 saturated carbocycles. The van der Waals surface area contributed by atoms with E-state index in [-0.39, 0.29) is 11.7 Å². The van der Waals surface area contributed by atoms with Gasteiger partial charge in [-0.2, -0.15) is 10.2 Å². The number of aromatic nitrogens is 2. The Morgan fingerprint density at radius 3 is 2.32 bits per heavy atom. The standard InChI is InChI=1S/C28H44N4O5/c1-2-3-4-5-6-7-8-9-10-11-12-13-14-15-16-17-25(34)30-24-18-19-32(28(36)31-24)27-22(20-29)26(35)23(21-33)37-27/h9-10,18-19,22-23,26-27,33,35H,2-8,11-17,21H2,1H3,(H,30,31,34,36)/b10-9-/t22-,23+,26-,27+/m0/s1. The number of nitrogens with zero attached hydrogens (tertiary/aromatic N) is 3. The maximum atomic E-state index is 12.4. The van der Waals surface area contributed by atoms with Gasteiger partial charge in [0.25, 0.3) is 0 Å². The first-order valence-electron chi connectivity index (χ1n) is 13.9. The number of anilines is 1. The molecule has 0 bridgehead atoms. The summed E-state index contributed by atoms with van der Waals surface area (Å²) >= 11 is 0. The Morgan fingerprint density at radius 1 is 1.11 bits per heavy atom. The molecule has 9 nitrogen and oxygen atoms in total. The SMILES string of the molecule is CCCCCCCC/C=C\CCCCCCCC(=O)Nc1ccn([C@@H]2O[C@H](CO)[C@@H](O)[C@@H]2C#N)c(=O)n1. The molecule has 9 heteroatoms. The van der Waals surface area contributed by atoms with Crippen LogP contribution in [0.15, 0.2) is 29.2 Å². The lowest BCUT2D eigenvalue weighted by Gasteiger charge is -2.16. The molecule has 37 heavy (non-hydrogen) atoms. The van der Waals surface area contributed by atoms with Gasteiger partial charge in [0.2, 0.25) is 5.91 Å². The Hall–Kier alpha value is -2.54. The van der Waals surface area contributed by atoms with E-state index in [0.29, 0.717) is 6.42 Å².